The number of nitrogens with one attached hydrogen (secondary N) is 1. The summed E-state index contributed by atoms with van der Waals surface area (Å²) in [6, 6.07) is 7.04. The summed E-state index contributed by atoms with van der Waals surface area (Å²) in [7, 11) is 3.16. The third-order valence-electron chi connectivity index (χ3n) is 3.04. The van der Waals surface area contributed by atoms with Crippen LogP contribution in [0.3, 0.4) is 0 Å². The summed E-state index contributed by atoms with van der Waals surface area (Å²) in [5, 5.41) is 12.1. The first kappa shape index (κ1) is 14.9. The van der Waals surface area contributed by atoms with E-state index in [4.69, 9.17) is 19.0 Å². The Morgan fingerprint density at radius 2 is 1.95 bits per heavy atom. The molecule has 112 valence electrons. The van der Waals surface area contributed by atoms with Crippen LogP contribution in [-0.4, -0.2) is 25.3 Å². The Labute approximate surface area is 122 Å². The van der Waals surface area contributed by atoms with Crippen LogP contribution in [0.25, 0.3) is 0 Å². The number of ether oxygens (including phenoxy) is 2. The highest BCUT2D eigenvalue weighted by Crippen LogP contribution is 2.27. The summed E-state index contributed by atoms with van der Waals surface area (Å²) in [6.45, 7) is 0.892. The molecule has 6 nitrogen and oxygen atoms in total. The van der Waals surface area contributed by atoms with E-state index in [1.54, 1.807) is 14.2 Å². The van der Waals surface area contributed by atoms with Crippen molar-refractivity contribution >= 4 is 5.97 Å². The fraction of sp³-hybridized carbons (Fsp3) is 0.267. The average molecular weight is 291 g/mol. The van der Waals surface area contributed by atoms with E-state index in [1.807, 2.05) is 18.2 Å². The van der Waals surface area contributed by atoms with Crippen LogP contribution >= 0.6 is 0 Å². The highest BCUT2D eigenvalue weighted by atomic mass is 16.5. The van der Waals surface area contributed by atoms with Gasteiger partial charge in [-0.25, -0.2) is 4.79 Å². The summed E-state index contributed by atoms with van der Waals surface area (Å²) >= 11 is 0. The number of carboxylic acids is 1. The first-order chi connectivity index (χ1) is 10.2. The zero-order valence-corrected chi connectivity index (χ0v) is 11.9. The Hall–Kier alpha value is -2.47. The maximum absolute atomic E-state index is 11.0. The van der Waals surface area contributed by atoms with Gasteiger partial charge in [0.05, 0.1) is 27.0 Å². The van der Waals surface area contributed by atoms with Crippen molar-refractivity contribution in [3.05, 3.63) is 47.4 Å². The second-order valence-corrected chi connectivity index (χ2v) is 4.36. The number of aromatic carboxylic acids is 1. The molecule has 0 bridgehead atoms. The van der Waals surface area contributed by atoms with Crippen molar-refractivity contribution in [3.63, 3.8) is 0 Å². The van der Waals surface area contributed by atoms with Gasteiger partial charge in [-0.3, -0.25) is 0 Å². The summed E-state index contributed by atoms with van der Waals surface area (Å²) in [4.78, 5) is 11.0. The Morgan fingerprint density at radius 3 is 2.62 bits per heavy atom. The van der Waals surface area contributed by atoms with Crippen LogP contribution in [-0.2, 0) is 13.1 Å². The van der Waals surface area contributed by atoms with Crippen molar-refractivity contribution in [1.82, 2.24) is 5.32 Å². The Kier molecular flexibility index (Phi) is 4.84. The number of furan rings is 1. The molecular formula is C15H17NO5. The molecule has 0 unspecified atom stereocenters. The Balaban J connectivity index is 1.97. The van der Waals surface area contributed by atoms with Crippen molar-refractivity contribution in [2.75, 3.05) is 14.2 Å². The van der Waals surface area contributed by atoms with Crippen LogP contribution in [0.1, 0.15) is 21.7 Å². The van der Waals surface area contributed by atoms with E-state index in [1.165, 1.54) is 12.3 Å². The highest BCUT2D eigenvalue weighted by Gasteiger charge is 2.12. The molecule has 0 saturated carbocycles. The van der Waals surface area contributed by atoms with E-state index < -0.39 is 5.97 Å². The Morgan fingerprint density at radius 1 is 1.19 bits per heavy atom. The van der Waals surface area contributed by atoms with Gasteiger partial charge in [-0.2, -0.15) is 0 Å². The first-order valence-electron chi connectivity index (χ1n) is 6.37. The number of carbonyl (C=O) groups is 1. The van der Waals surface area contributed by atoms with Crippen molar-refractivity contribution in [1.29, 1.82) is 0 Å². The smallest absolute Gasteiger partial charge is 0.339 e. The molecule has 6 heteroatoms. The van der Waals surface area contributed by atoms with Gasteiger partial charge < -0.3 is 24.3 Å². The lowest BCUT2D eigenvalue weighted by molar-refractivity contribution is 0.0694. The van der Waals surface area contributed by atoms with Crippen LogP contribution in [0.15, 0.2) is 34.9 Å². The molecule has 2 aromatic rings. The topological polar surface area (TPSA) is 80.9 Å². The van der Waals surface area contributed by atoms with Crippen molar-refractivity contribution in [3.8, 4) is 11.5 Å². The predicted molar refractivity (Wildman–Crippen MR) is 75.8 cm³/mol. The Bertz CT molecular complexity index is 620. The van der Waals surface area contributed by atoms with Gasteiger partial charge in [-0.05, 0) is 23.8 Å². The summed E-state index contributed by atoms with van der Waals surface area (Å²) < 4.78 is 15.6. The number of rotatable bonds is 7. The van der Waals surface area contributed by atoms with Gasteiger partial charge in [0.1, 0.15) is 11.3 Å². The molecule has 0 atom stereocenters. The molecule has 0 aliphatic rings. The number of hydrogen-bond acceptors (Lipinski definition) is 5. The van der Waals surface area contributed by atoms with Crippen molar-refractivity contribution < 1.29 is 23.8 Å². The molecule has 0 saturated heterocycles. The van der Waals surface area contributed by atoms with E-state index in [0.717, 1.165) is 5.56 Å². The zero-order valence-electron chi connectivity index (χ0n) is 11.9. The van der Waals surface area contributed by atoms with Gasteiger partial charge in [-0.15, -0.1) is 0 Å². The fourth-order valence-corrected chi connectivity index (χ4v) is 1.98. The highest BCUT2D eigenvalue weighted by molar-refractivity contribution is 5.88. The number of benzene rings is 1. The molecule has 0 radical (unpaired) electrons. The van der Waals surface area contributed by atoms with Crippen LogP contribution in [0, 0.1) is 0 Å². The van der Waals surface area contributed by atoms with Crippen LogP contribution < -0.4 is 14.8 Å². The molecular weight excluding hydrogens is 274 g/mol. The predicted octanol–water partition coefficient (Wildman–Crippen LogP) is 2.28. The molecule has 0 aliphatic carbocycles. The van der Waals surface area contributed by atoms with E-state index >= 15 is 0 Å². The lowest BCUT2D eigenvalue weighted by atomic mass is 10.2. The minimum atomic E-state index is -0.994. The first-order valence-corrected chi connectivity index (χ1v) is 6.37. The number of methoxy groups -OCH3 is 2. The largest absolute Gasteiger partial charge is 0.493 e. The van der Waals surface area contributed by atoms with Gasteiger partial charge >= 0.3 is 5.97 Å². The maximum Gasteiger partial charge on any atom is 0.339 e. The molecule has 2 rings (SSSR count). The summed E-state index contributed by atoms with van der Waals surface area (Å²) in [5.74, 6) is 0.733. The SMILES string of the molecule is COc1ccc(CNCc2occc2C(=O)O)cc1OC. The van der Waals surface area contributed by atoms with Crippen molar-refractivity contribution in [2.24, 2.45) is 0 Å². The maximum atomic E-state index is 11.0. The molecule has 0 spiro atoms. The van der Waals surface area contributed by atoms with E-state index in [9.17, 15) is 4.79 Å². The second kappa shape index (κ2) is 6.81. The molecule has 0 aliphatic heterocycles. The van der Waals surface area contributed by atoms with Gasteiger partial charge in [0.15, 0.2) is 11.5 Å². The zero-order chi connectivity index (χ0) is 15.2. The summed E-state index contributed by atoms with van der Waals surface area (Å²) in [6.07, 6.45) is 1.37. The monoisotopic (exact) mass is 291 g/mol. The van der Waals surface area contributed by atoms with E-state index in [2.05, 4.69) is 5.32 Å². The average Bonchev–Trinajstić information content (AvgIpc) is 2.95. The third-order valence-corrected chi connectivity index (χ3v) is 3.04. The number of hydrogen-bond donors (Lipinski definition) is 2. The molecule has 1 aromatic heterocycles. The van der Waals surface area contributed by atoms with Crippen molar-refractivity contribution in [2.45, 2.75) is 13.1 Å². The minimum absolute atomic E-state index is 0.176. The van der Waals surface area contributed by atoms with Crippen LogP contribution in [0.4, 0.5) is 0 Å². The quantitative estimate of drug-likeness (QED) is 0.814. The van der Waals surface area contributed by atoms with E-state index in [0.29, 0.717) is 30.3 Å². The second-order valence-electron chi connectivity index (χ2n) is 4.36. The van der Waals surface area contributed by atoms with Gasteiger partial charge in [0.25, 0.3) is 0 Å². The molecule has 1 heterocycles. The van der Waals surface area contributed by atoms with Crippen LogP contribution in [0.2, 0.25) is 0 Å². The third kappa shape index (κ3) is 3.55. The van der Waals surface area contributed by atoms with Gasteiger partial charge in [-0.1, -0.05) is 6.07 Å². The van der Waals surface area contributed by atoms with Crippen LogP contribution in [0.5, 0.6) is 11.5 Å². The summed E-state index contributed by atoms with van der Waals surface area (Å²) in [5.41, 5.74) is 1.17. The van der Waals surface area contributed by atoms with E-state index in [-0.39, 0.29) is 5.56 Å². The lowest BCUT2D eigenvalue weighted by Crippen LogP contribution is -2.14. The lowest BCUT2D eigenvalue weighted by Gasteiger charge is -2.10. The minimum Gasteiger partial charge on any atom is -0.493 e. The fourth-order valence-electron chi connectivity index (χ4n) is 1.98. The standard InChI is InChI=1S/C15H17NO5/c1-19-12-4-3-10(7-13(12)20-2)8-16-9-14-11(15(17)18)5-6-21-14/h3-7,16H,8-9H2,1-2H3,(H,17,18). The molecule has 21 heavy (non-hydrogen) atoms. The molecule has 0 amide bonds. The van der Waals surface area contributed by atoms with Gasteiger partial charge in [0.2, 0.25) is 0 Å². The molecule has 2 N–H and O–H groups in total. The normalized spacial score (nSPS) is 10.4. The molecule has 1 aromatic carbocycles. The van der Waals surface area contributed by atoms with Gasteiger partial charge in [0, 0.05) is 6.54 Å². The number of carboxylic acid groups (broad SMARTS) is 1. The molecule has 0 fully saturated rings.